The van der Waals surface area contributed by atoms with Crippen LogP contribution in [0.5, 0.6) is 0 Å². The molecule has 3 aromatic rings. The summed E-state index contributed by atoms with van der Waals surface area (Å²) in [7, 11) is 0. The van der Waals surface area contributed by atoms with E-state index in [1.807, 2.05) is 0 Å². The number of carbonyl (C=O) groups is 1. The molecule has 130 valence electrons. The van der Waals surface area contributed by atoms with Gasteiger partial charge >= 0.3 is 6.55 Å². The fraction of sp³-hybridized carbons (Fsp3) is 0.133. The summed E-state index contributed by atoms with van der Waals surface area (Å²) in [5, 5.41) is 10.3. The number of carbonyl (C=O) groups excluding carboxylic acids is 1. The molecular weight excluding hydrogens is 359 g/mol. The van der Waals surface area contributed by atoms with Crippen LogP contribution >= 0.6 is 11.6 Å². The van der Waals surface area contributed by atoms with E-state index in [0.29, 0.717) is 10.2 Å². The van der Waals surface area contributed by atoms with Crippen LogP contribution in [0.25, 0.3) is 0 Å². The van der Waals surface area contributed by atoms with E-state index in [0.717, 1.165) is 6.20 Å². The van der Waals surface area contributed by atoms with Crippen LogP contribution in [0.2, 0.25) is 5.02 Å². The quantitative estimate of drug-likeness (QED) is 0.747. The second-order valence-electron chi connectivity index (χ2n) is 5.05. The first-order valence-electron chi connectivity index (χ1n) is 7.04. The molecule has 3 rings (SSSR count). The highest BCUT2D eigenvalue weighted by Crippen LogP contribution is 2.18. The predicted octanol–water partition coefficient (Wildman–Crippen LogP) is 3.57. The van der Waals surface area contributed by atoms with Gasteiger partial charge in [0.1, 0.15) is 5.82 Å². The molecule has 2 aromatic heterocycles. The Morgan fingerprint density at radius 3 is 2.68 bits per heavy atom. The Bertz CT molecular complexity index is 908. The molecule has 10 heteroatoms. The summed E-state index contributed by atoms with van der Waals surface area (Å²) in [6.07, 6.45) is 2.60. The first-order chi connectivity index (χ1) is 11.9. The zero-order valence-electron chi connectivity index (χ0n) is 12.5. The van der Waals surface area contributed by atoms with Gasteiger partial charge in [-0.3, -0.25) is 9.48 Å². The SMILES string of the molecule is O=C(Nc1ccn(Cc2ccc(F)cc2Cl)n1)c1ccn(C(F)F)n1. The van der Waals surface area contributed by atoms with Crippen molar-refractivity contribution < 1.29 is 18.0 Å². The summed E-state index contributed by atoms with van der Waals surface area (Å²) >= 11 is 5.96. The average Bonchev–Trinajstić information content (AvgIpc) is 3.19. The second kappa shape index (κ2) is 6.98. The topological polar surface area (TPSA) is 64.7 Å². The third-order valence-electron chi connectivity index (χ3n) is 3.27. The molecule has 6 nitrogen and oxygen atoms in total. The van der Waals surface area contributed by atoms with Gasteiger partial charge in [-0.15, -0.1) is 0 Å². The van der Waals surface area contributed by atoms with Gasteiger partial charge in [0.05, 0.1) is 6.54 Å². The van der Waals surface area contributed by atoms with Crippen molar-refractivity contribution in [1.82, 2.24) is 19.6 Å². The Labute approximate surface area is 144 Å². The number of amides is 1. The summed E-state index contributed by atoms with van der Waals surface area (Å²) in [6, 6.07) is 6.72. The Balaban J connectivity index is 1.67. The summed E-state index contributed by atoms with van der Waals surface area (Å²) in [5.74, 6) is -0.885. The van der Waals surface area contributed by atoms with E-state index < -0.39 is 18.3 Å². The van der Waals surface area contributed by atoms with Crippen LogP contribution in [-0.2, 0) is 6.54 Å². The van der Waals surface area contributed by atoms with Crippen LogP contribution in [-0.4, -0.2) is 25.5 Å². The Kier molecular flexibility index (Phi) is 4.75. The molecule has 0 spiro atoms. The van der Waals surface area contributed by atoms with Crippen LogP contribution in [0.15, 0.2) is 42.7 Å². The number of nitrogens with one attached hydrogen (secondary N) is 1. The minimum absolute atomic E-state index is 0.156. The van der Waals surface area contributed by atoms with Crippen molar-refractivity contribution in [3.63, 3.8) is 0 Å². The fourth-order valence-corrected chi connectivity index (χ4v) is 2.32. The number of alkyl halides is 2. The molecule has 0 saturated heterocycles. The molecule has 0 fully saturated rings. The normalized spacial score (nSPS) is 11.1. The molecule has 0 bridgehead atoms. The standard InChI is InChI=1S/C15H11ClF3N5O/c16-11-7-10(17)2-1-9(11)8-23-5-4-13(22-23)20-14(25)12-3-6-24(21-12)15(18)19/h1-7,15H,8H2,(H,20,22,25). The molecule has 0 atom stereocenters. The third-order valence-corrected chi connectivity index (χ3v) is 3.62. The molecule has 2 heterocycles. The maximum Gasteiger partial charge on any atom is 0.333 e. The first-order valence-corrected chi connectivity index (χ1v) is 7.42. The molecule has 0 aliphatic carbocycles. The number of benzene rings is 1. The lowest BCUT2D eigenvalue weighted by Crippen LogP contribution is -2.14. The lowest BCUT2D eigenvalue weighted by molar-refractivity contribution is 0.0561. The number of hydrogen-bond acceptors (Lipinski definition) is 3. The van der Waals surface area contributed by atoms with Crippen molar-refractivity contribution in [3.8, 4) is 0 Å². The Morgan fingerprint density at radius 2 is 2.00 bits per heavy atom. The summed E-state index contributed by atoms with van der Waals surface area (Å²) in [5.41, 5.74) is 0.496. The molecular formula is C15H11ClF3N5O. The molecule has 0 aliphatic heterocycles. The van der Waals surface area contributed by atoms with Gasteiger partial charge < -0.3 is 5.32 Å². The minimum atomic E-state index is -2.82. The third kappa shape index (κ3) is 4.00. The van der Waals surface area contributed by atoms with Crippen molar-refractivity contribution in [2.75, 3.05) is 5.32 Å². The van der Waals surface area contributed by atoms with Gasteiger partial charge in [-0.25, -0.2) is 9.07 Å². The smallest absolute Gasteiger partial charge is 0.304 e. The van der Waals surface area contributed by atoms with Crippen LogP contribution < -0.4 is 5.32 Å². The number of hydrogen-bond donors (Lipinski definition) is 1. The van der Waals surface area contributed by atoms with E-state index >= 15 is 0 Å². The van der Waals surface area contributed by atoms with Gasteiger partial charge in [0.25, 0.3) is 5.91 Å². The molecule has 1 amide bonds. The van der Waals surface area contributed by atoms with E-state index in [1.165, 1.54) is 35.0 Å². The molecule has 0 saturated carbocycles. The van der Waals surface area contributed by atoms with Gasteiger partial charge in [0, 0.05) is 23.5 Å². The van der Waals surface area contributed by atoms with Crippen LogP contribution in [0.4, 0.5) is 19.0 Å². The fourth-order valence-electron chi connectivity index (χ4n) is 2.09. The molecule has 25 heavy (non-hydrogen) atoms. The van der Waals surface area contributed by atoms with Gasteiger partial charge in [-0.2, -0.15) is 19.0 Å². The van der Waals surface area contributed by atoms with Gasteiger partial charge in [-0.1, -0.05) is 17.7 Å². The molecule has 1 N–H and O–H groups in total. The van der Waals surface area contributed by atoms with Crippen molar-refractivity contribution in [1.29, 1.82) is 0 Å². The molecule has 0 unspecified atom stereocenters. The Morgan fingerprint density at radius 1 is 1.20 bits per heavy atom. The number of aromatic nitrogens is 4. The maximum atomic E-state index is 13.0. The zero-order valence-corrected chi connectivity index (χ0v) is 13.3. The van der Waals surface area contributed by atoms with Crippen molar-refractivity contribution >= 4 is 23.3 Å². The van der Waals surface area contributed by atoms with E-state index in [9.17, 15) is 18.0 Å². The lowest BCUT2D eigenvalue weighted by Gasteiger charge is -2.05. The van der Waals surface area contributed by atoms with E-state index in [2.05, 4.69) is 15.5 Å². The van der Waals surface area contributed by atoms with Crippen LogP contribution in [0, 0.1) is 5.82 Å². The van der Waals surface area contributed by atoms with Crippen LogP contribution in [0.3, 0.4) is 0 Å². The number of nitrogens with zero attached hydrogens (tertiary/aromatic N) is 4. The highest BCUT2D eigenvalue weighted by Gasteiger charge is 2.14. The average molecular weight is 370 g/mol. The Hall–Kier alpha value is -2.81. The molecule has 1 aromatic carbocycles. The van der Waals surface area contributed by atoms with Gasteiger partial charge in [0.2, 0.25) is 0 Å². The van der Waals surface area contributed by atoms with Crippen molar-refractivity contribution in [2.24, 2.45) is 0 Å². The predicted molar refractivity (Wildman–Crippen MR) is 84.2 cm³/mol. The van der Waals surface area contributed by atoms with Crippen molar-refractivity contribution in [3.05, 3.63) is 64.8 Å². The minimum Gasteiger partial charge on any atom is -0.304 e. The maximum absolute atomic E-state index is 13.0. The first kappa shape index (κ1) is 17.0. The number of anilines is 1. The summed E-state index contributed by atoms with van der Waals surface area (Å²) < 4.78 is 39.8. The summed E-state index contributed by atoms with van der Waals surface area (Å²) in [4.78, 5) is 12.0. The van der Waals surface area contributed by atoms with Crippen LogP contribution in [0.1, 0.15) is 22.6 Å². The molecule has 0 radical (unpaired) electrons. The number of rotatable bonds is 5. The molecule has 0 aliphatic rings. The van der Waals surface area contributed by atoms with Gasteiger partial charge in [0.15, 0.2) is 11.5 Å². The lowest BCUT2D eigenvalue weighted by atomic mass is 10.2. The second-order valence-corrected chi connectivity index (χ2v) is 5.45. The van der Waals surface area contributed by atoms with E-state index in [-0.39, 0.29) is 23.1 Å². The van der Waals surface area contributed by atoms with E-state index in [4.69, 9.17) is 11.6 Å². The number of halogens is 4. The summed E-state index contributed by atoms with van der Waals surface area (Å²) in [6.45, 7) is -2.55. The monoisotopic (exact) mass is 369 g/mol. The van der Waals surface area contributed by atoms with Gasteiger partial charge in [-0.05, 0) is 23.8 Å². The largest absolute Gasteiger partial charge is 0.333 e. The highest BCUT2D eigenvalue weighted by molar-refractivity contribution is 6.31. The van der Waals surface area contributed by atoms with E-state index in [1.54, 1.807) is 6.20 Å². The zero-order chi connectivity index (χ0) is 18.0. The highest BCUT2D eigenvalue weighted by atomic mass is 35.5. The van der Waals surface area contributed by atoms with Crippen molar-refractivity contribution in [2.45, 2.75) is 13.1 Å².